The van der Waals surface area contributed by atoms with Crippen molar-refractivity contribution in [3.63, 3.8) is 0 Å². The van der Waals surface area contributed by atoms with Crippen molar-refractivity contribution in [2.75, 3.05) is 12.4 Å². The predicted octanol–water partition coefficient (Wildman–Crippen LogP) is 3.65. The molecule has 0 bridgehead atoms. The first-order valence-corrected chi connectivity index (χ1v) is 9.60. The third kappa shape index (κ3) is 3.19. The maximum atomic E-state index is 6.13. The summed E-state index contributed by atoms with van der Waals surface area (Å²) in [6.07, 6.45) is 2.35. The van der Waals surface area contributed by atoms with E-state index in [1.807, 2.05) is 25.2 Å². The molecule has 0 spiro atoms. The molecule has 2 aromatic carbocycles. The number of rotatable bonds is 4. The Morgan fingerprint density at radius 3 is 2.70 bits per heavy atom. The van der Waals surface area contributed by atoms with Crippen LogP contribution < -0.4 is 15.4 Å². The molecule has 1 aromatic heterocycles. The molecule has 0 radical (unpaired) electrons. The molecule has 1 fully saturated rings. The van der Waals surface area contributed by atoms with Gasteiger partial charge in [-0.1, -0.05) is 36.4 Å². The van der Waals surface area contributed by atoms with Crippen molar-refractivity contribution in [3.8, 4) is 17.0 Å². The molecular weight excluding hydrogens is 336 g/mol. The molecule has 5 heteroatoms. The first kappa shape index (κ1) is 16.4. The van der Waals surface area contributed by atoms with E-state index in [4.69, 9.17) is 9.84 Å². The van der Waals surface area contributed by atoms with Crippen LogP contribution in [0.4, 0.5) is 5.69 Å². The number of ether oxygens (including phenoxy) is 1. The first-order chi connectivity index (χ1) is 13.3. The van der Waals surface area contributed by atoms with E-state index >= 15 is 0 Å². The van der Waals surface area contributed by atoms with E-state index in [1.165, 1.54) is 18.4 Å². The van der Waals surface area contributed by atoms with Gasteiger partial charge in [-0.15, -0.1) is 0 Å². The molecular formula is C22H24N4O. The summed E-state index contributed by atoms with van der Waals surface area (Å²) in [5, 5.41) is 11.7. The SMILES string of the molecule is CN[C@H]1C[C@H](Nc2ccc3c(c2)OCc2cc(-c4ccccc4)nn2C3)C1. The van der Waals surface area contributed by atoms with Gasteiger partial charge in [0.25, 0.3) is 0 Å². The Hall–Kier alpha value is -2.79. The summed E-state index contributed by atoms with van der Waals surface area (Å²) in [6.45, 7) is 1.28. The summed E-state index contributed by atoms with van der Waals surface area (Å²) in [6, 6.07) is 20.1. The molecule has 1 aliphatic carbocycles. The van der Waals surface area contributed by atoms with E-state index in [2.05, 4.69) is 51.7 Å². The number of aromatic nitrogens is 2. The van der Waals surface area contributed by atoms with Crippen molar-refractivity contribution >= 4 is 5.69 Å². The van der Waals surface area contributed by atoms with Crippen molar-refractivity contribution in [2.45, 2.75) is 38.1 Å². The number of hydrogen-bond donors (Lipinski definition) is 2. The van der Waals surface area contributed by atoms with Crippen molar-refractivity contribution in [1.82, 2.24) is 15.1 Å². The molecule has 2 N–H and O–H groups in total. The van der Waals surface area contributed by atoms with E-state index in [1.54, 1.807) is 0 Å². The first-order valence-electron chi connectivity index (χ1n) is 9.60. The van der Waals surface area contributed by atoms with Gasteiger partial charge in [0.05, 0.1) is 17.9 Å². The molecule has 27 heavy (non-hydrogen) atoms. The summed E-state index contributed by atoms with van der Waals surface area (Å²) in [7, 11) is 2.03. The highest BCUT2D eigenvalue weighted by atomic mass is 16.5. The maximum Gasteiger partial charge on any atom is 0.130 e. The zero-order chi connectivity index (χ0) is 18.2. The summed E-state index contributed by atoms with van der Waals surface area (Å²) in [4.78, 5) is 0. The lowest BCUT2D eigenvalue weighted by atomic mass is 9.87. The number of fused-ring (bicyclic) bond motifs is 2. The lowest BCUT2D eigenvalue weighted by Crippen LogP contribution is -2.46. The second kappa shape index (κ2) is 6.74. The Morgan fingerprint density at radius 1 is 1.04 bits per heavy atom. The van der Waals surface area contributed by atoms with Crippen LogP contribution in [0.3, 0.4) is 0 Å². The second-order valence-electron chi connectivity index (χ2n) is 7.45. The third-order valence-corrected chi connectivity index (χ3v) is 5.61. The fourth-order valence-electron chi connectivity index (χ4n) is 3.89. The summed E-state index contributed by atoms with van der Waals surface area (Å²) in [5.41, 5.74) is 5.55. The Kier molecular flexibility index (Phi) is 4.09. The number of hydrogen-bond acceptors (Lipinski definition) is 4. The van der Waals surface area contributed by atoms with E-state index in [0.29, 0.717) is 18.7 Å². The van der Waals surface area contributed by atoms with E-state index in [9.17, 15) is 0 Å². The Labute approximate surface area is 159 Å². The van der Waals surface area contributed by atoms with Gasteiger partial charge in [-0.3, -0.25) is 4.68 Å². The highest BCUT2D eigenvalue weighted by Crippen LogP contribution is 2.31. The fourth-order valence-corrected chi connectivity index (χ4v) is 3.89. The Balaban J connectivity index is 1.34. The van der Waals surface area contributed by atoms with Crippen LogP contribution in [0.2, 0.25) is 0 Å². The van der Waals surface area contributed by atoms with Crippen LogP contribution in [-0.4, -0.2) is 28.9 Å². The van der Waals surface area contributed by atoms with Crippen LogP contribution in [-0.2, 0) is 13.2 Å². The topological polar surface area (TPSA) is 51.1 Å². The minimum absolute atomic E-state index is 0.543. The monoisotopic (exact) mass is 360 g/mol. The Morgan fingerprint density at radius 2 is 1.89 bits per heavy atom. The summed E-state index contributed by atoms with van der Waals surface area (Å²) in [5.74, 6) is 0.955. The van der Waals surface area contributed by atoms with Crippen molar-refractivity contribution in [3.05, 3.63) is 65.9 Å². The largest absolute Gasteiger partial charge is 0.487 e. The molecule has 5 nitrogen and oxygen atoms in total. The van der Waals surface area contributed by atoms with Gasteiger partial charge in [0.15, 0.2) is 0 Å². The normalized spacial score (nSPS) is 20.6. The van der Waals surface area contributed by atoms with Gasteiger partial charge < -0.3 is 15.4 Å². The van der Waals surface area contributed by atoms with E-state index in [0.717, 1.165) is 34.9 Å². The van der Waals surface area contributed by atoms with Gasteiger partial charge in [-0.2, -0.15) is 5.10 Å². The second-order valence-corrected chi connectivity index (χ2v) is 7.45. The molecule has 1 aliphatic heterocycles. The number of nitrogens with zero attached hydrogens (tertiary/aromatic N) is 2. The summed E-state index contributed by atoms with van der Waals surface area (Å²) >= 11 is 0. The van der Waals surface area contributed by atoms with Gasteiger partial charge in [0.1, 0.15) is 12.4 Å². The quantitative estimate of drug-likeness (QED) is 0.746. The highest BCUT2D eigenvalue weighted by Gasteiger charge is 2.27. The van der Waals surface area contributed by atoms with Gasteiger partial charge in [-0.05, 0) is 32.0 Å². The van der Waals surface area contributed by atoms with Crippen molar-refractivity contribution < 1.29 is 4.74 Å². The van der Waals surface area contributed by atoms with Crippen LogP contribution in [0.25, 0.3) is 11.3 Å². The lowest BCUT2D eigenvalue weighted by Gasteiger charge is -2.36. The van der Waals surface area contributed by atoms with Crippen LogP contribution in [0, 0.1) is 0 Å². The zero-order valence-electron chi connectivity index (χ0n) is 15.5. The standard InChI is InChI=1S/C22H24N4O/c1-23-18-9-19(10-18)24-17-8-7-16-13-26-20(14-27-22(16)11-17)12-21(25-26)15-5-3-2-4-6-15/h2-8,11-12,18-19,23-24H,9-10,13-14H2,1H3/t18-,19-. The molecule has 2 aliphatic rings. The zero-order valence-corrected chi connectivity index (χ0v) is 15.5. The van der Waals surface area contributed by atoms with E-state index < -0.39 is 0 Å². The minimum Gasteiger partial charge on any atom is -0.487 e. The van der Waals surface area contributed by atoms with Gasteiger partial charge in [-0.25, -0.2) is 0 Å². The highest BCUT2D eigenvalue weighted by molar-refractivity contribution is 5.59. The van der Waals surface area contributed by atoms with Crippen LogP contribution in [0.15, 0.2) is 54.6 Å². The molecule has 3 aromatic rings. The molecule has 0 saturated heterocycles. The molecule has 0 atom stereocenters. The van der Waals surface area contributed by atoms with Crippen molar-refractivity contribution in [2.24, 2.45) is 0 Å². The number of benzene rings is 2. The molecule has 1 saturated carbocycles. The minimum atomic E-state index is 0.543. The van der Waals surface area contributed by atoms with Crippen LogP contribution >= 0.6 is 0 Å². The molecule has 0 amide bonds. The summed E-state index contributed by atoms with van der Waals surface area (Å²) < 4.78 is 8.19. The molecule has 138 valence electrons. The molecule has 0 unspecified atom stereocenters. The van der Waals surface area contributed by atoms with Crippen LogP contribution in [0.1, 0.15) is 24.1 Å². The average Bonchev–Trinajstić information content (AvgIpc) is 2.99. The van der Waals surface area contributed by atoms with Crippen molar-refractivity contribution in [1.29, 1.82) is 0 Å². The number of anilines is 1. The smallest absolute Gasteiger partial charge is 0.130 e. The predicted molar refractivity (Wildman–Crippen MR) is 107 cm³/mol. The molecule has 5 rings (SSSR count). The number of nitrogens with one attached hydrogen (secondary N) is 2. The maximum absolute atomic E-state index is 6.13. The van der Waals surface area contributed by atoms with Gasteiger partial charge in [0, 0.05) is 35.0 Å². The Bertz CT molecular complexity index is 944. The van der Waals surface area contributed by atoms with E-state index in [-0.39, 0.29) is 0 Å². The fraction of sp³-hybridized carbons (Fsp3) is 0.318. The average molecular weight is 360 g/mol. The van der Waals surface area contributed by atoms with Crippen LogP contribution in [0.5, 0.6) is 5.75 Å². The lowest BCUT2D eigenvalue weighted by molar-refractivity contribution is 0.301. The van der Waals surface area contributed by atoms with Gasteiger partial charge >= 0.3 is 0 Å². The molecule has 2 heterocycles. The third-order valence-electron chi connectivity index (χ3n) is 5.61. The van der Waals surface area contributed by atoms with Gasteiger partial charge in [0.2, 0.25) is 0 Å².